The quantitative estimate of drug-likeness (QED) is 0.217. The number of hydrogen-bond acceptors (Lipinski definition) is 3. The summed E-state index contributed by atoms with van der Waals surface area (Å²) in [6, 6.07) is 0. The van der Waals surface area contributed by atoms with Crippen LogP contribution in [0, 0.1) is 5.92 Å². The molecule has 4 heteroatoms. The van der Waals surface area contributed by atoms with Crippen molar-refractivity contribution in [1.29, 1.82) is 0 Å². The van der Waals surface area contributed by atoms with Gasteiger partial charge < -0.3 is 9.47 Å². The topological polar surface area (TPSA) is 18.5 Å². The third-order valence-corrected chi connectivity index (χ3v) is 4.59. The normalized spacial score (nSPS) is 13.7. The van der Waals surface area contributed by atoms with Gasteiger partial charge in [-0.15, -0.1) is 0 Å². The van der Waals surface area contributed by atoms with Crippen LogP contribution in [0.15, 0.2) is 0 Å². The van der Waals surface area contributed by atoms with Crippen molar-refractivity contribution in [2.45, 2.75) is 70.0 Å². The summed E-state index contributed by atoms with van der Waals surface area (Å²) in [4.78, 5) is 0. The van der Waals surface area contributed by atoms with Crippen LogP contribution in [0.4, 0.5) is 0 Å². The predicted octanol–water partition coefficient (Wildman–Crippen LogP) is 5.25. The average molecular weight is 311 g/mol. The highest BCUT2D eigenvalue weighted by Crippen LogP contribution is 2.35. The van der Waals surface area contributed by atoms with Crippen molar-refractivity contribution in [1.82, 2.24) is 0 Å². The van der Waals surface area contributed by atoms with Crippen LogP contribution in [-0.2, 0) is 9.47 Å². The van der Waals surface area contributed by atoms with E-state index in [1.54, 1.807) is 14.2 Å². The van der Waals surface area contributed by atoms with E-state index in [0.29, 0.717) is 0 Å². The molecule has 0 saturated carbocycles. The Morgan fingerprint density at radius 3 is 2.00 bits per heavy atom. The van der Waals surface area contributed by atoms with E-state index >= 15 is 0 Å². The van der Waals surface area contributed by atoms with Gasteiger partial charge in [-0.05, 0) is 25.0 Å². The molecule has 0 aliphatic heterocycles. The lowest BCUT2D eigenvalue weighted by atomic mass is 9.95. The van der Waals surface area contributed by atoms with Crippen molar-refractivity contribution in [3.05, 3.63) is 0 Å². The molecule has 0 aromatic heterocycles. The fourth-order valence-electron chi connectivity index (χ4n) is 2.41. The molecule has 116 valence electrons. The fraction of sp³-hybridized carbons (Fsp3) is 1.00. The molecule has 0 N–H and O–H groups in total. The number of thiol groups is 1. The molecular formula is C15H31ClO2S. The van der Waals surface area contributed by atoms with Crippen LogP contribution in [0.2, 0.25) is 0 Å². The minimum atomic E-state index is -0.966. The average Bonchev–Trinajstić information content (AvgIpc) is 2.45. The number of methoxy groups -OCH3 is 2. The Labute approximate surface area is 130 Å². The zero-order valence-electron chi connectivity index (χ0n) is 12.8. The summed E-state index contributed by atoms with van der Waals surface area (Å²) in [7, 11) is 3.23. The standard InChI is InChI=1S/C15H31ClO2S/c1-4-5-6-7-8-9-11-14(12-10-13-19)15(16,17-2)18-3/h14,19H,4-13H2,1-3H3. The van der Waals surface area contributed by atoms with Crippen LogP contribution >= 0.6 is 24.2 Å². The molecule has 0 fully saturated rings. The van der Waals surface area contributed by atoms with E-state index < -0.39 is 5.25 Å². The Bertz CT molecular complexity index is 199. The van der Waals surface area contributed by atoms with E-state index in [9.17, 15) is 0 Å². The zero-order valence-corrected chi connectivity index (χ0v) is 14.4. The first-order valence-corrected chi connectivity index (χ1v) is 8.55. The molecule has 2 nitrogen and oxygen atoms in total. The maximum Gasteiger partial charge on any atom is 0.250 e. The Hall–Kier alpha value is 0.560. The molecule has 1 atom stereocenters. The summed E-state index contributed by atoms with van der Waals surface area (Å²) in [5, 5.41) is -0.966. The van der Waals surface area contributed by atoms with E-state index in [-0.39, 0.29) is 5.92 Å². The molecule has 0 bridgehead atoms. The molecule has 0 aromatic carbocycles. The molecule has 1 unspecified atom stereocenters. The smallest absolute Gasteiger partial charge is 0.250 e. The maximum atomic E-state index is 6.40. The maximum absolute atomic E-state index is 6.40. The van der Waals surface area contributed by atoms with Gasteiger partial charge >= 0.3 is 0 Å². The van der Waals surface area contributed by atoms with Gasteiger partial charge in [0.2, 0.25) is 0 Å². The van der Waals surface area contributed by atoms with E-state index in [4.69, 9.17) is 21.1 Å². The zero-order chi connectivity index (χ0) is 14.6. The first-order valence-electron chi connectivity index (χ1n) is 7.54. The van der Waals surface area contributed by atoms with Crippen LogP contribution in [-0.4, -0.2) is 25.2 Å². The van der Waals surface area contributed by atoms with Crippen molar-refractivity contribution in [3.63, 3.8) is 0 Å². The molecule has 0 saturated heterocycles. The molecule has 0 rings (SSSR count). The number of unbranched alkanes of at least 4 members (excludes halogenated alkanes) is 5. The van der Waals surface area contributed by atoms with Gasteiger partial charge in [-0.1, -0.05) is 57.0 Å². The Morgan fingerprint density at radius 1 is 0.947 bits per heavy atom. The van der Waals surface area contributed by atoms with E-state index in [2.05, 4.69) is 19.6 Å². The van der Waals surface area contributed by atoms with E-state index in [1.165, 1.54) is 38.5 Å². The highest BCUT2D eigenvalue weighted by Gasteiger charge is 2.36. The van der Waals surface area contributed by atoms with Gasteiger partial charge in [0.15, 0.2) is 0 Å². The van der Waals surface area contributed by atoms with E-state index in [0.717, 1.165) is 25.0 Å². The predicted molar refractivity (Wildman–Crippen MR) is 87.2 cm³/mol. The first kappa shape index (κ1) is 19.6. The number of rotatable bonds is 13. The summed E-state index contributed by atoms with van der Waals surface area (Å²) in [6.07, 6.45) is 10.9. The van der Waals surface area contributed by atoms with Crippen molar-refractivity contribution >= 4 is 24.2 Å². The summed E-state index contributed by atoms with van der Waals surface area (Å²) in [6.45, 7) is 2.24. The molecule has 19 heavy (non-hydrogen) atoms. The van der Waals surface area contributed by atoms with Crippen molar-refractivity contribution in [2.24, 2.45) is 5.92 Å². The lowest BCUT2D eigenvalue weighted by Crippen LogP contribution is -2.36. The van der Waals surface area contributed by atoms with Gasteiger partial charge in [0, 0.05) is 20.1 Å². The highest BCUT2D eigenvalue weighted by atomic mass is 35.5. The molecule has 0 aliphatic rings. The molecular weight excluding hydrogens is 280 g/mol. The second-order valence-corrected chi connectivity index (χ2v) is 6.08. The summed E-state index contributed by atoms with van der Waals surface area (Å²) in [5.74, 6) is 1.12. The van der Waals surface area contributed by atoms with Gasteiger partial charge in [0.05, 0.1) is 0 Å². The van der Waals surface area contributed by atoms with Gasteiger partial charge in [-0.25, -0.2) is 0 Å². The van der Waals surface area contributed by atoms with Crippen LogP contribution in [0.25, 0.3) is 0 Å². The number of hydrogen-bond donors (Lipinski definition) is 1. The molecule has 0 aliphatic carbocycles. The van der Waals surface area contributed by atoms with Gasteiger partial charge in [0.1, 0.15) is 0 Å². The van der Waals surface area contributed by atoms with Crippen molar-refractivity contribution in [3.8, 4) is 0 Å². The number of alkyl halides is 1. The fourth-order valence-corrected chi connectivity index (χ4v) is 2.82. The Balaban J connectivity index is 4.05. The second-order valence-electron chi connectivity index (χ2n) is 5.11. The molecule has 0 spiro atoms. The summed E-state index contributed by atoms with van der Waals surface area (Å²) in [5.41, 5.74) is 0. The largest absolute Gasteiger partial charge is 0.340 e. The van der Waals surface area contributed by atoms with E-state index in [1.807, 2.05) is 0 Å². The van der Waals surface area contributed by atoms with Crippen LogP contribution in [0.1, 0.15) is 64.7 Å². The summed E-state index contributed by atoms with van der Waals surface area (Å²) >= 11 is 10.7. The van der Waals surface area contributed by atoms with Crippen LogP contribution < -0.4 is 0 Å². The van der Waals surface area contributed by atoms with Crippen LogP contribution in [0.3, 0.4) is 0 Å². The molecule has 0 heterocycles. The van der Waals surface area contributed by atoms with Gasteiger partial charge in [-0.2, -0.15) is 12.6 Å². The molecule has 0 aromatic rings. The third-order valence-electron chi connectivity index (χ3n) is 3.66. The Morgan fingerprint density at radius 2 is 1.47 bits per heavy atom. The SMILES string of the molecule is CCCCCCCCC(CCCS)C(Cl)(OC)OC. The number of halogens is 1. The second kappa shape index (κ2) is 12.3. The highest BCUT2D eigenvalue weighted by molar-refractivity contribution is 7.80. The minimum absolute atomic E-state index is 0.238. The Kier molecular flexibility index (Phi) is 12.7. The lowest BCUT2D eigenvalue weighted by Gasteiger charge is -2.32. The monoisotopic (exact) mass is 310 g/mol. The van der Waals surface area contributed by atoms with Crippen LogP contribution in [0.5, 0.6) is 0 Å². The number of ether oxygens (including phenoxy) is 2. The van der Waals surface area contributed by atoms with Crippen molar-refractivity contribution < 1.29 is 9.47 Å². The summed E-state index contributed by atoms with van der Waals surface area (Å²) < 4.78 is 10.7. The van der Waals surface area contributed by atoms with Gasteiger partial charge in [-0.3, -0.25) is 0 Å². The first-order chi connectivity index (χ1) is 9.14. The molecule has 0 radical (unpaired) electrons. The molecule has 0 amide bonds. The third kappa shape index (κ3) is 8.44. The van der Waals surface area contributed by atoms with Crippen molar-refractivity contribution in [2.75, 3.05) is 20.0 Å². The lowest BCUT2D eigenvalue weighted by molar-refractivity contribution is -0.179. The minimum Gasteiger partial charge on any atom is -0.340 e. The van der Waals surface area contributed by atoms with Gasteiger partial charge in [0.25, 0.3) is 5.25 Å².